The van der Waals surface area contributed by atoms with E-state index in [4.69, 9.17) is 24.2 Å². The number of ether oxygens (including phenoxy) is 4. The molecule has 38 heavy (non-hydrogen) atoms. The fraction of sp³-hybridized carbons (Fsp3) is 0.269. The number of nitrogens with one attached hydrogen (secondary N) is 1. The largest absolute Gasteiger partial charge is 0.462 e. The van der Waals surface area contributed by atoms with Crippen LogP contribution in [0.2, 0.25) is 0 Å². The van der Waals surface area contributed by atoms with Gasteiger partial charge in [0.2, 0.25) is 0 Å². The third-order valence-corrected chi connectivity index (χ3v) is 6.40. The molecule has 0 bridgehead atoms. The number of hydrogen-bond acceptors (Lipinski definition) is 11. The Morgan fingerprint density at radius 1 is 1.00 bits per heavy atom. The summed E-state index contributed by atoms with van der Waals surface area (Å²) in [5, 5.41) is 9.05. The van der Waals surface area contributed by atoms with Gasteiger partial charge >= 0.3 is 23.6 Å². The molecule has 12 heteroatoms. The molecule has 12 nitrogen and oxygen atoms in total. The van der Waals surface area contributed by atoms with E-state index in [-0.39, 0.29) is 23.6 Å². The van der Waals surface area contributed by atoms with Crippen LogP contribution in [0.3, 0.4) is 0 Å². The van der Waals surface area contributed by atoms with Gasteiger partial charge in [-0.2, -0.15) is 4.98 Å². The third-order valence-electron chi connectivity index (χ3n) is 6.40. The van der Waals surface area contributed by atoms with Gasteiger partial charge in [0.25, 0.3) is 0 Å². The molecule has 2 aliphatic heterocycles. The van der Waals surface area contributed by atoms with Crippen molar-refractivity contribution in [1.29, 1.82) is 0 Å². The van der Waals surface area contributed by atoms with Crippen molar-refractivity contribution in [3.63, 3.8) is 0 Å². The molecule has 1 fully saturated rings. The van der Waals surface area contributed by atoms with Crippen molar-refractivity contribution in [2.24, 2.45) is 0 Å². The van der Waals surface area contributed by atoms with E-state index >= 15 is 0 Å². The fourth-order valence-electron chi connectivity index (χ4n) is 4.38. The van der Waals surface area contributed by atoms with Crippen LogP contribution in [-0.4, -0.2) is 57.6 Å². The van der Waals surface area contributed by atoms with Gasteiger partial charge in [-0.1, -0.05) is 42.5 Å². The molecule has 3 aromatic rings. The Morgan fingerprint density at radius 2 is 1.63 bits per heavy atom. The second-order valence-electron chi connectivity index (χ2n) is 8.73. The first-order chi connectivity index (χ1) is 18.4. The van der Waals surface area contributed by atoms with Gasteiger partial charge < -0.3 is 18.9 Å². The monoisotopic (exact) mass is 521 g/mol. The second kappa shape index (κ2) is 10.4. The number of benzene rings is 2. The van der Waals surface area contributed by atoms with E-state index in [0.717, 1.165) is 10.1 Å². The predicted molar refractivity (Wildman–Crippen MR) is 128 cm³/mol. The molecule has 1 aromatic heterocycles. The molecule has 5 atom stereocenters. The molecule has 0 saturated carbocycles. The molecule has 0 amide bonds. The molecule has 5 rings (SSSR count). The Hall–Kier alpha value is -4.55. The third kappa shape index (κ3) is 4.74. The first-order valence-electron chi connectivity index (χ1n) is 11.7. The quantitative estimate of drug-likeness (QED) is 0.278. The molecule has 3 heterocycles. The van der Waals surface area contributed by atoms with Crippen LogP contribution in [0.4, 0.5) is 5.82 Å². The summed E-state index contributed by atoms with van der Waals surface area (Å²) in [5.74, 6) is -2.85. The summed E-state index contributed by atoms with van der Waals surface area (Å²) in [6.07, 6.45) is -3.58. The van der Waals surface area contributed by atoms with Crippen molar-refractivity contribution in [3.05, 3.63) is 94.0 Å². The Balaban J connectivity index is 1.45. The van der Waals surface area contributed by atoms with Crippen LogP contribution in [0.25, 0.3) is 0 Å². The Morgan fingerprint density at radius 3 is 2.26 bits per heavy atom. The van der Waals surface area contributed by atoms with E-state index in [0.29, 0.717) is 0 Å². The zero-order valence-corrected chi connectivity index (χ0v) is 20.1. The maximum Gasteiger partial charge on any atom is 0.351 e. The maximum absolute atomic E-state index is 13.0. The average molecular weight is 521 g/mol. The number of carbonyl (C=O) groups is 3. The lowest BCUT2D eigenvalue weighted by Crippen LogP contribution is -2.44. The van der Waals surface area contributed by atoms with E-state index in [2.05, 4.69) is 4.98 Å². The normalized spacial score (nSPS) is 23.1. The minimum absolute atomic E-state index is 0.00468. The molecular weight excluding hydrogens is 498 g/mol. The van der Waals surface area contributed by atoms with Crippen molar-refractivity contribution in [2.75, 3.05) is 12.1 Å². The summed E-state index contributed by atoms with van der Waals surface area (Å²) in [6.45, 7) is 1.34. The predicted octanol–water partition coefficient (Wildman–Crippen LogP) is 2.05. The second-order valence-corrected chi connectivity index (χ2v) is 8.73. The van der Waals surface area contributed by atoms with Crippen molar-refractivity contribution in [3.8, 4) is 0 Å². The zero-order chi connectivity index (χ0) is 26.8. The molecular formula is C26H23N3O9. The molecule has 1 unspecified atom stereocenters. The first kappa shape index (κ1) is 25.1. The highest BCUT2D eigenvalue weighted by Gasteiger charge is 2.52. The smallest absolute Gasteiger partial charge is 0.351 e. The van der Waals surface area contributed by atoms with Crippen LogP contribution in [0.15, 0.2) is 71.7 Å². The maximum atomic E-state index is 13.0. The van der Waals surface area contributed by atoms with E-state index in [9.17, 15) is 19.2 Å². The average Bonchev–Trinajstić information content (AvgIpc) is 3.26. The number of aromatic nitrogens is 2. The van der Waals surface area contributed by atoms with Gasteiger partial charge in [-0.05, 0) is 30.7 Å². The molecule has 0 aliphatic carbocycles. The molecule has 2 aromatic carbocycles. The van der Waals surface area contributed by atoms with Gasteiger partial charge in [0.15, 0.2) is 24.3 Å². The number of anilines is 1. The van der Waals surface area contributed by atoms with E-state index in [1.165, 1.54) is 24.4 Å². The van der Waals surface area contributed by atoms with Gasteiger partial charge in [0, 0.05) is 6.20 Å². The van der Waals surface area contributed by atoms with Crippen molar-refractivity contribution >= 4 is 23.7 Å². The van der Waals surface area contributed by atoms with Crippen LogP contribution in [-0.2, 0) is 23.7 Å². The van der Waals surface area contributed by atoms with Crippen LogP contribution in [0, 0.1) is 0 Å². The topological polar surface area (TPSA) is 155 Å². The fourth-order valence-corrected chi connectivity index (χ4v) is 4.38. The van der Waals surface area contributed by atoms with Crippen LogP contribution < -0.4 is 11.2 Å². The summed E-state index contributed by atoms with van der Waals surface area (Å²) in [5.41, 5.74) is 1.68. The zero-order valence-electron chi connectivity index (χ0n) is 20.1. The lowest BCUT2D eigenvalue weighted by Gasteiger charge is -2.27. The standard InChI is InChI=1S/C26H23N3O9/c1-14(15-7-3-2-4-8-15)23(30)35-13-18-20-21(22(36-18)29-12-11-19(28-34)27-26(29)33)38-25(32)17-10-6-5-9-16(17)24(31)37-20/h2-12,14,18,20-22,34H,13H2,1H3,(H,27,28,33)/t14-,18?,20-,21-,22-/m1/s1. The van der Waals surface area contributed by atoms with E-state index < -0.39 is 54.1 Å². The number of carbonyl (C=O) groups excluding carboxylic acids is 3. The lowest BCUT2D eigenvalue weighted by molar-refractivity contribution is -0.151. The van der Waals surface area contributed by atoms with Gasteiger partial charge in [-0.15, -0.1) is 0 Å². The van der Waals surface area contributed by atoms with Crippen LogP contribution in [0.1, 0.15) is 45.3 Å². The van der Waals surface area contributed by atoms with E-state index in [1.807, 2.05) is 6.07 Å². The van der Waals surface area contributed by atoms with E-state index in [1.54, 1.807) is 48.8 Å². The summed E-state index contributed by atoms with van der Waals surface area (Å²) in [6, 6.07) is 16.3. The van der Waals surface area contributed by atoms with Gasteiger partial charge in [-0.25, -0.2) is 14.4 Å². The molecule has 0 radical (unpaired) electrons. The summed E-state index contributed by atoms with van der Waals surface area (Å²) in [4.78, 5) is 55.1. The molecule has 1 saturated heterocycles. The minimum atomic E-state index is -1.28. The SMILES string of the molecule is C[C@@H](C(=O)OCC1O[C@@H](n2ccc(NO)nc2=O)[C@@H]2OC(=O)c3ccccc3C(=O)O[C@H]12)c1ccccc1. The highest BCUT2D eigenvalue weighted by molar-refractivity contribution is 6.03. The van der Waals surface area contributed by atoms with Crippen LogP contribution in [0.5, 0.6) is 0 Å². The Labute approximate surface area is 215 Å². The summed E-state index contributed by atoms with van der Waals surface area (Å²) in [7, 11) is 0. The van der Waals surface area contributed by atoms with Gasteiger partial charge in [0.1, 0.15) is 12.7 Å². The molecule has 2 aliphatic rings. The van der Waals surface area contributed by atoms with Crippen molar-refractivity contribution < 1.29 is 38.5 Å². The highest BCUT2D eigenvalue weighted by atomic mass is 16.7. The lowest BCUT2D eigenvalue weighted by atomic mass is 10.0. The molecule has 2 N–H and O–H groups in total. The number of nitrogens with zero attached hydrogens (tertiary/aromatic N) is 2. The molecule has 196 valence electrons. The van der Waals surface area contributed by atoms with Crippen molar-refractivity contribution in [1.82, 2.24) is 9.55 Å². The first-order valence-corrected chi connectivity index (χ1v) is 11.7. The number of rotatable bonds is 6. The molecule has 0 spiro atoms. The summed E-state index contributed by atoms with van der Waals surface area (Å²) < 4.78 is 23.9. The minimum Gasteiger partial charge on any atom is -0.462 e. The van der Waals surface area contributed by atoms with Gasteiger partial charge in [0.05, 0.1) is 17.0 Å². The van der Waals surface area contributed by atoms with Crippen LogP contribution >= 0.6 is 0 Å². The Kier molecular flexibility index (Phi) is 6.90. The number of esters is 3. The number of fused-ring (bicyclic) bond motifs is 2. The van der Waals surface area contributed by atoms with Crippen molar-refractivity contribution in [2.45, 2.75) is 37.4 Å². The number of hydrogen-bond donors (Lipinski definition) is 2. The summed E-state index contributed by atoms with van der Waals surface area (Å²) >= 11 is 0. The Bertz CT molecular complexity index is 1420. The highest BCUT2D eigenvalue weighted by Crippen LogP contribution is 2.36. The van der Waals surface area contributed by atoms with Gasteiger partial charge in [-0.3, -0.25) is 20.0 Å².